The van der Waals surface area contributed by atoms with Gasteiger partial charge >= 0.3 is 0 Å². The van der Waals surface area contributed by atoms with Crippen molar-refractivity contribution in [3.63, 3.8) is 0 Å². The van der Waals surface area contributed by atoms with Crippen molar-refractivity contribution in [2.45, 2.75) is 13.0 Å². The van der Waals surface area contributed by atoms with Gasteiger partial charge in [0.2, 0.25) is 0 Å². The number of quaternary nitrogens is 1. The van der Waals surface area contributed by atoms with Crippen molar-refractivity contribution >= 4 is 16.9 Å². The molecule has 0 aliphatic rings. The second kappa shape index (κ2) is 8.35. The Kier molecular flexibility index (Phi) is 5.90. The largest absolute Gasteiger partial charge is 0.497 e. The van der Waals surface area contributed by atoms with Crippen LogP contribution >= 0.6 is 0 Å². The highest BCUT2D eigenvalue weighted by Crippen LogP contribution is 2.28. The van der Waals surface area contributed by atoms with Crippen LogP contribution in [0.5, 0.6) is 11.5 Å². The lowest BCUT2D eigenvalue weighted by atomic mass is 10.1. The first kappa shape index (κ1) is 19.8. The van der Waals surface area contributed by atoms with Crippen LogP contribution in [0.1, 0.15) is 27.7 Å². The number of rotatable bonds is 7. The fourth-order valence-electron chi connectivity index (χ4n) is 3.33. The lowest BCUT2D eigenvalue weighted by Gasteiger charge is -2.22. The number of aryl methyl sites for hydroxylation is 1. The second-order valence-corrected chi connectivity index (χ2v) is 7.03. The highest BCUT2D eigenvalue weighted by Gasteiger charge is 2.23. The van der Waals surface area contributed by atoms with Gasteiger partial charge in [0.15, 0.2) is 5.76 Å². The van der Waals surface area contributed by atoms with Crippen molar-refractivity contribution in [3.05, 3.63) is 59.4 Å². The van der Waals surface area contributed by atoms with E-state index in [1.807, 2.05) is 49.4 Å². The number of ether oxygens (including phenoxy) is 2. The maximum Gasteiger partial charge on any atom is 0.287 e. The standard InChI is InChI=1S/C22H26N2O4/c1-14-18-12-17(27-5)9-10-20(18)28-21(14)22(25)23-13-19(24(2)3)15-7-6-8-16(11-15)26-4/h6-12,19H,13H2,1-5H3,(H,23,25)/p+1/t19-/m1/s1. The summed E-state index contributed by atoms with van der Waals surface area (Å²) in [6.07, 6.45) is 0. The van der Waals surface area contributed by atoms with Crippen LogP contribution in [0.15, 0.2) is 46.9 Å². The molecular weight excluding hydrogens is 356 g/mol. The Morgan fingerprint density at radius 3 is 2.50 bits per heavy atom. The molecule has 0 bridgehead atoms. The third kappa shape index (κ3) is 3.97. The summed E-state index contributed by atoms with van der Waals surface area (Å²) in [6, 6.07) is 13.5. The van der Waals surface area contributed by atoms with Crippen LogP contribution in [0, 0.1) is 6.92 Å². The first-order chi connectivity index (χ1) is 13.4. The summed E-state index contributed by atoms with van der Waals surface area (Å²) in [6.45, 7) is 2.37. The predicted octanol–water partition coefficient (Wildman–Crippen LogP) is 2.37. The highest BCUT2D eigenvalue weighted by molar-refractivity contribution is 5.99. The van der Waals surface area contributed by atoms with Crippen LogP contribution < -0.4 is 19.7 Å². The minimum Gasteiger partial charge on any atom is -0.497 e. The van der Waals surface area contributed by atoms with Gasteiger partial charge in [-0.15, -0.1) is 0 Å². The number of benzene rings is 2. The van der Waals surface area contributed by atoms with Crippen molar-refractivity contribution in [1.82, 2.24) is 5.32 Å². The number of hydrogen-bond acceptors (Lipinski definition) is 4. The molecule has 1 heterocycles. The van der Waals surface area contributed by atoms with Gasteiger partial charge < -0.3 is 24.1 Å². The Balaban J connectivity index is 1.79. The van der Waals surface area contributed by atoms with Crippen LogP contribution in [0.3, 0.4) is 0 Å². The molecule has 0 aliphatic carbocycles. The Labute approximate surface area is 165 Å². The Hall–Kier alpha value is -2.99. The fraction of sp³-hybridized carbons (Fsp3) is 0.318. The van der Waals surface area contributed by atoms with Crippen molar-refractivity contribution in [2.24, 2.45) is 0 Å². The monoisotopic (exact) mass is 383 g/mol. The van der Waals surface area contributed by atoms with Crippen LogP contribution in [0.2, 0.25) is 0 Å². The smallest absolute Gasteiger partial charge is 0.287 e. The number of fused-ring (bicyclic) bond motifs is 1. The zero-order valence-corrected chi connectivity index (χ0v) is 17.0. The molecule has 0 aliphatic heterocycles. The number of carbonyl (C=O) groups excluding carboxylic acids is 1. The zero-order valence-electron chi connectivity index (χ0n) is 17.0. The van der Waals surface area contributed by atoms with Crippen molar-refractivity contribution in [2.75, 3.05) is 34.9 Å². The molecule has 0 radical (unpaired) electrons. The molecule has 3 aromatic rings. The summed E-state index contributed by atoms with van der Waals surface area (Å²) in [5.74, 6) is 1.65. The van der Waals surface area contributed by atoms with E-state index >= 15 is 0 Å². The normalized spacial score (nSPS) is 12.2. The van der Waals surface area contributed by atoms with E-state index in [0.29, 0.717) is 17.9 Å². The maximum absolute atomic E-state index is 12.8. The van der Waals surface area contributed by atoms with E-state index in [2.05, 4.69) is 19.4 Å². The third-order valence-electron chi connectivity index (χ3n) is 5.01. The first-order valence-electron chi connectivity index (χ1n) is 9.24. The molecule has 0 spiro atoms. The molecule has 148 valence electrons. The van der Waals surface area contributed by atoms with E-state index in [9.17, 15) is 4.79 Å². The van der Waals surface area contributed by atoms with Gasteiger partial charge in [0, 0.05) is 16.5 Å². The van der Waals surface area contributed by atoms with Crippen LogP contribution in [0.4, 0.5) is 0 Å². The summed E-state index contributed by atoms with van der Waals surface area (Å²) in [5, 5.41) is 3.90. The average molecular weight is 383 g/mol. The molecule has 1 atom stereocenters. The molecule has 6 nitrogen and oxygen atoms in total. The molecule has 3 rings (SSSR count). The second-order valence-electron chi connectivity index (χ2n) is 7.03. The van der Waals surface area contributed by atoms with Gasteiger partial charge in [0.1, 0.15) is 23.1 Å². The van der Waals surface area contributed by atoms with E-state index in [1.165, 1.54) is 4.90 Å². The number of methoxy groups -OCH3 is 2. The van der Waals surface area contributed by atoms with Crippen molar-refractivity contribution in [3.8, 4) is 11.5 Å². The summed E-state index contributed by atoms with van der Waals surface area (Å²) >= 11 is 0. The van der Waals surface area contributed by atoms with Gasteiger partial charge in [-0.1, -0.05) is 12.1 Å². The number of nitrogens with one attached hydrogen (secondary N) is 2. The minimum absolute atomic E-state index is 0.0869. The molecule has 28 heavy (non-hydrogen) atoms. The van der Waals surface area contributed by atoms with Crippen molar-refractivity contribution < 1.29 is 23.6 Å². The molecule has 2 N–H and O–H groups in total. The van der Waals surface area contributed by atoms with Gasteiger partial charge in [0.05, 0.1) is 34.9 Å². The van der Waals surface area contributed by atoms with E-state index in [0.717, 1.165) is 28.0 Å². The maximum atomic E-state index is 12.8. The minimum atomic E-state index is -0.221. The quantitative estimate of drug-likeness (QED) is 0.658. The lowest BCUT2D eigenvalue weighted by Crippen LogP contribution is -3.07. The molecule has 0 unspecified atom stereocenters. The van der Waals surface area contributed by atoms with Gasteiger partial charge in [0.25, 0.3) is 5.91 Å². The van der Waals surface area contributed by atoms with E-state index in [4.69, 9.17) is 13.9 Å². The average Bonchev–Trinajstić information content (AvgIpc) is 3.04. The number of likely N-dealkylation sites (N-methyl/N-ethyl adjacent to an activating group) is 1. The molecular formula is C22H27N2O4+. The van der Waals surface area contributed by atoms with E-state index in [-0.39, 0.29) is 11.9 Å². The zero-order chi connectivity index (χ0) is 20.3. The molecule has 2 aromatic carbocycles. The Morgan fingerprint density at radius 2 is 1.82 bits per heavy atom. The molecule has 1 aromatic heterocycles. The van der Waals surface area contributed by atoms with Crippen LogP contribution in [-0.2, 0) is 0 Å². The number of carbonyl (C=O) groups is 1. The van der Waals surface area contributed by atoms with Gasteiger partial charge in [-0.05, 0) is 37.3 Å². The number of amides is 1. The van der Waals surface area contributed by atoms with Crippen LogP contribution in [-0.4, -0.2) is 40.8 Å². The molecule has 6 heteroatoms. The Morgan fingerprint density at radius 1 is 1.11 bits per heavy atom. The fourth-order valence-corrected chi connectivity index (χ4v) is 3.33. The lowest BCUT2D eigenvalue weighted by molar-refractivity contribution is -0.890. The first-order valence-corrected chi connectivity index (χ1v) is 9.24. The predicted molar refractivity (Wildman–Crippen MR) is 108 cm³/mol. The van der Waals surface area contributed by atoms with Crippen LogP contribution in [0.25, 0.3) is 11.0 Å². The van der Waals surface area contributed by atoms with Gasteiger partial charge in [-0.25, -0.2) is 0 Å². The van der Waals surface area contributed by atoms with E-state index < -0.39 is 0 Å². The Bertz CT molecular complexity index is 978. The van der Waals surface area contributed by atoms with Gasteiger partial charge in [-0.2, -0.15) is 0 Å². The van der Waals surface area contributed by atoms with Crippen molar-refractivity contribution in [1.29, 1.82) is 0 Å². The molecule has 0 saturated carbocycles. The highest BCUT2D eigenvalue weighted by atomic mass is 16.5. The summed E-state index contributed by atoms with van der Waals surface area (Å²) in [7, 11) is 7.40. The van der Waals surface area contributed by atoms with E-state index in [1.54, 1.807) is 14.2 Å². The summed E-state index contributed by atoms with van der Waals surface area (Å²) < 4.78 is 16.4. The molecule has 0 saturated heterocycles. The summed E-state index contributed by atoms with van der Waals surface area (Å²) in [4.78, 5) is 14.0. The third-order valence-corrected chi connectivity index (χ3v) is 5.01. The SMILES string of the molecule is COc1cccc([C@@H](CNC(=O)c2oc3ccc(OC)cc3c2C)[NH+](C)C)c1. The topological polar surface area (TPSA) is 65.1 Å². The molecule has 0 fully saturated rings. The number of furan rings is 1. The molecule has 1 amide bonds. The van der Waals surface area contributed by atoms with Gasteiger partial charge in [-0.3, -0.25) is 4.79 Å². The number of hydrogen-bond donors (Lipinski definition) is 2. The summed E-state index contributed by atoms with van der Waals surface area (Å²) in [5.41, 5.74) is 2.58.